The average Bonchev–Trinajstić information content (AvgIpc) is 2.98. The van der Waals surface area contributed by atoms with Crippen LogP contribution in [-0.2, 0) is 11.3 Å². The number of carbonyl (C=O) groups excluding carboxylic acids is 1. The first-order valence-electron chi connectivity index (χ1n) is 9.47. The Kier molecular flexibility index (Phi) is 7.29. The number of hydrogen-bond acceptors (Lipinski definition) is 4. The maximum Gasteiger partial charge on any atom is 0.242 e. The number of thioether (sulfide) groups is 1. The van der Waals surface area contributed by atoms with Crippen molar-refractivity contribution in [2.24, 2.45) is 10.2 Å². The van der Waals surface area contributed by atoms with Crippen molar-refractivity contribution in [3.63, 3.8) is 0 Å². The van der Waals surface area contributed by atoms with Crippen LogP contribution in [0.2, 0.25) is 5.02 Å². The van der Waals surface area contributed by atoms with Crippen molar-refractivity contribution >= 4 is 40.7 Å². The summed E-state index contributed by atoms with van der Waals surface area (Å²) in [6.07, 6.45) is 4.65. The van der Waals surface area contributed by atoms with Gasteiger partial charge in [0.05, 0.1) is 18.0 Å². The van der Waals surface area contributed by atoms with Crippen molar-refractivity contribution in [2.45, 2.75) is 44.9 Å². The van der Waals surface area contributed by atoms with E-state index < -0.39 is 0 Å². The zero-order chi connectivity index (χ0) is 19.9. The second-order valence-electron chi connectivity index (χ2n) is 6.78. The number of amidine groups is 1. The van der Waals surface area contributed by atoms with Gasteiger partial charge in [0.15, 0.2) is 5.17 Å². The lowest BCUT2D eigenvalue weighted by molar-refractivity contribution is -0.126. The van der Waals surface area contributed by atoms with E-state index >= 15 is 0 Å². The van der Waals surface area contributed by atoms with Gasteiger partial charge in [-0.25, -0.2) is 0 Å². The summed E-state index contributed by atoms with van der Waals surface area (Å²) >= 11 is 7.43. The molecule has 0 aromatic heterocycles. The topological polar surface area (TPSA) is 45.0 Å². The molecule has 4 nitrogen and oxygen atoms in total. The SMILES string of the molecule is CCCC[C@@H]1S/C(=N/N=C\c2ccc(Cl)cc2)N(Cc2ccccc2C)C1=O. The third-order valence-corrected chi connectivity index (χ3v) is 6.14. The first-order valence-corrected chi connectivity index (χ1v) is 10.7. The van der Waals surface area contributed by atoms with Crippen molar-refractivity contribution in [1.29, 1.82) is 0 Å². The van der Waals surface area contributed by atoms with E-state index in [0.29, 0.717) is 16.7 Å². The van der Waals surface area contributed by atoms with Gasteiger partial charge in [0.25, 0.3) is 0 Å². The van der Waals surface area contributed by atoms with Gasteiger partial charge in [0.2, 0.25) is 5.91 Å². The van der Waals surface area contributed by atoms with Crippen molar-refractivity contribution in [2.75, 3.05) is 0 Å². The molecule has 1 amide bonds. The second-order valence-corrected chi connectivity index (χ2v) is 8.38. The quantitative estimate of drug-likeness (QED) is 0.433. The van der Waals surface area contributed by atoms with Crippen LogP contribution in [0.15, 0.2) is 58.7 Å². The van der Waals surface area contributed by atoms with E-state index in [1.807, 2.05) is 36.4 Å². The van der Waals surface area contributed by atoms with Crippen molar-refractivity contribution < 1.29 is 4.79 Å². The Bertz CT molecular complexity index is 880. The van der Waals surface area contributed by atoms with Gasteiger partial charge in [-0.15, -0.1) is 5.10 Å². The highest BCUT2D eigenvalue weighted by atomic mass is 35.5. The first-order chi connectivity index (χ1) is 13.6. The van der Waals surface area contributed by atoms with Gasteiger partial charge in [-0.1, -0.05) is 79.5 Å². The predicted octanol–water partition coefficient (Wildman–Crippen LogP) is 5.67. The van der Waals surface area contributed by atoms with E-state index in [-0.39, 0.29) is 11.2 Å². The fraction of sp³-hybridized carbons (Fsp3) is 0.318. The molecule has 1 aliphatic rings. The molecule has 1 saturated heterocycles. The maximum atomic E-state index is 13.0. The second kappa shape index (κ2) is 9.89. The van der Waals surface area contributed by atoms with Gasteiger partial charge in [0, 0.05) is 5.02 Å². The highest BCUT2D eigenvalue weighted by molar-refractivity contribution is 8.15. The monoisotopic (exact) mass is 413 g/mol. The molecule has 28 heavy (non-hydrogen) atoms. The molecule has 0 unspecified atom stereocenters. The Morgan fingerprint density at radius 3 is 2.64 bits per heavy atom. The molecule has 6 heteroatoms. The summed E-state index contributed by atoms with van der Waals surface area (Å²) in [4.78, 5) is 14.7. The minimum atomic E-state index is -0.0755. The fourth-order valence-electron chi connectivity index (χ4n) is 2.96. The molecule has 1 aliphatic heterocycles. The van der Waals surface area contributed by atoms with Gasteiger partial charge in [-0.3, -0.25) is 9.69 Å². The van der Waals surface area contributed by atoms with Crippen LogP contribution in [0.3, 0.4) is 0 Å². The zero-order valence-electron chi connectivity index (χ0n) is 16.1. The van der Waals surface area contributed by atoms with E-state index in [1.54, 1.807) is 11.1 Å². The van der Waals surface area contributed by atoms with Crippen LogP contribution in [0, 0.1) is 6.92 Å². The van der Waals surface area contributed by atoms with Crippen LogP contribution in [0.4, 0.5) is 0 Å². The van der Waals surface area contributed by atoms with Crippen molar-refractivity contribution in [1.82, 2.24) is 4.90 Å². The molecular formula is C22H24ClN3OS. The Hall–Kier alpha value is -2.11. The van der Waals surface area contributed by atoms with E-state index in [2.05, 4.69) is 36.2 Å². The molecule has 3 rings (SSSR count). The lowest BCUT2D eigenvalue weighted by Crippen LogP contribution is -2.31. The number of carbonyl (C=O) groups is 1. The number of unbranched alkanes of at least 4 members (excludes halogenated alkanes) is 1. The third kappa shape index (κ3) is 5.24. The molecule has 0 spiro atoms. The first kappa shape index (κ1) is 20.6. The molecule has 2 aromatic carbocycles. The van der Waals surface area contributed by atoms with Crippen LogP contribution in [0.5, 0.6) is 0 Å². The molecule has 1 fully saturated rings. The average molecular weight is 414 g/mol. The molecule has 1 atom stereocenters. The van der Waals surface area contributed by atoms with Gasteiger partial charge in [-0.05, 0) is 42.2 Å². The van der Waals surface area contributed by atoms with Crippen LogP contribution in [0.1, 0.15) is 42.9 Å². The Morgan fingerprint density at radius 1 is 1.18 bits per heavy atom. The van der Waals surface area contributed by atoms with Crippen molar-refractivity contribution in [3.8, 4) is 0 Å². The Balaban J connectivity index is 1.81. The summed E-state index contributed by atoms with van der Waals surface area (Å²) in [6, 6.07) is 15.5. The summed E-state index contributed by atoms with van der Waals surface area (Å²) < 4.78 is 0. The third-order valence-electron chi connectivity index (χ3n) is 4.65. The standard InChI is InChI=1S/C22H24ClN3OS/c1-3-4-9-20-21(27)26(15-18-8-6-5-7-16(18)2)22(28-20)25-24-14-17-10-12-19(23)13-11-17/h5-8,10-14,20H,3-4,9,15H2,1-2H3/b24-14-,25-22+/t20-/m0/s1. The zero-order valence-corrected chi connectivity index (χ0v) is 17.7. The smallest absolute Gasteiger partial charge is 0.242 e. The van der Waals surface area contributed by atoms with Gasteiger partial charge >= 0.3 is 0 Å². The van der Waals surface area contributed by atoms with Gasteiger partial charge in [0.1, 0.15) is 0 Å². The van der Waals surface area contributed by atoms with Gasteiger partial charge < -0.3 is 0 Å². The number of rotatable bonds is 7. The number of benzene rings is 2. The largest absolute Gasteiger partial charge is 0.284 e. The normalized spacial score (nSPS) is 18.5. The van der Waals surface area contributed by atoms with E-state index in [9.17, 15) is 4.79 Å². The van der Waals surface area contributed by atoms with Crippen LogP contribution in [0.25, 0.3) is 0 Å². The number of hydrogen-bond donors (Lipinski definition) is 0. The Labute approximate surface area is 175 Å². The minimum Gasteiger partial charge on any atom is -0.284 e. The summed E-state index contributed by atoms with van der Waals surface area (Å²) in [6.45, 7) is 4.73. The summed E-state index contributed by atoms with van der Waals surface area (Å²) in [5.41, 5.74) is 3.21. The summed E-state index contributed by atoms with van der Waals surface area (Å²) in [7, 11) is 0. The number of halogens is 1. The maximum absolute atomic E-state index is 13.0. The van der Waals surface area contributed by atoms with Crippen LogP contribution < -0.4 is 0 Å². The fourth-order valence-corrected chi connectivity index (χ4v) is 4.23. The molecule has 0 radical (unpaired) electrons. The molecule has 2 aromatic rings. The van der Waals surface area contributed by atoms with E-state index in [4.69, 9.17) is 11.6 Å². The molecule has 0 aliphatic carbocycles. The molecule has 0 bridgehead atoms. The molecule has 1 heterocycles. The molecule has 0 saturated carbocycles. The number of aryl methyl sites for hydroxylation is 1. The lowest BCUT2D eigenvalue weighted by atomic mass is 10.1. The number of amides is 1. The highest BCUT2D eigenvalue weighted by Gasteiger charge is 2.37. The predicted molar refractivity (Wildman–Crippen MR) is 119 cm³/mol. The Morgan fingerprint density at radius 2 is 1.93 bits per heavy atom. The minimum absolute atomic E-state index is 0.0755. The van der Waals surface area contributed by atoms with Crippen molar-refractivity contribution in [3.05, 3.63) is 70.2 Å². The van der Waals surface area contributed by atoms with E-state index in [1.165, 1.54) is 17.3 Å². The molecule has 146 valence electrons. The molecular weight excluding hydrogens is 390 g/mol. The van der Waals surface area contributed by atoms with Gasteiger partial charge in [-0.2, -0.15) is 5.10 Å². The number of nitrogens with zero attached hydrogens (tertiary/aromatic N) is 3. The highest BCUT2D eigenvalue weighted by Crippen LogP contribution is 2.32. The van der Waals surface area contributed by atoms with E-state index in [0.717, 1.165) is 30.4 Å². The van der Waals surface area contributed by atoms with Crippen LogP contribution >= 0.6 is 23.4 Å². The summed E-state index contributed by atoms with van der Waals surface area (Å²) in [5, 5.41) is 9.87. The summed E-state index contributed by atoms with van der Waals surface area (Å²) in [5.74, 6) is 0.127. The lowest BCUT2D eigenvalue weighted by Gasteiger charge is -2.17. The van der Waals surface area contributed by atoms with Crippen LogP contribution in [-0.4, -0.2) is 27.4 Å². The molecule has 0 N–H and O–H groups in total.